The fourth-order valence-corrected chi connectivity index (χ4v) is 3.03. The fraction of sp³-hybridized carbons (Fsp3) is 0.533. The third-order valence-electron chi connectivity index (χ3n) is 4.13. The van der Waals surface area contributed by atoms with Gasteiger partial charge < -0.3 is 10.0 Å². The summed E-state index contributed by atoms with van der Waals surface area (Å²) in [5, 5.41) is 9.93. The van der Waals surface area contributed by atoms with Crippen molar-refractivity contribution in [3.05, 3.63) is 29.0 Å². The van der Waals surface area contributed by atoms with E-state index in [0.717, 1.165) is 6.42 Å². The molecular weight excluding hydrogens is 292 g/mol. The molecule has 1 aromatic heterocycles. The monoisotopic (exact) mass is 310 g/mol. The number of halogens is 1. The zero-order chi connectivity index (χ0) is 15.5. The second-order valence-corrected chi connectivity index (χ2v) is 5.92. The van der Waals surface area contributed by atoms with Crippen LogP contribution in [0.5, 0.6) is 0 Å². The third-order valence-corrected chi connectivity index (χ3v) is 4.37. The van der Waals surface area contributed by atoms with E-state index in [1.165, 1.54) is 12.3 Å². The first kappa shape index (κ1) is 15.8. The van der Waals surface area contributed by atoms with Crippen LogP contribution in [0.3, 0.4) is 0 Å². The Labute approximate surface area is 128 Å². The van der Waals surface area contributed by atoms with E-state index in [1.807, 2.05) is 6.92 Å². The van der Waals surface area contributed by atoms with Gasteiger partial charge in [-0.2, -0.15) is 0 Å². The molecule has 21 heavy (non-hydrogen) atoms. The summed E-state index contributed by atoms with van der Waals surface area (Å²) in [6.45, 7) is 2.87. The molecule has 0 radical (unpaired) electrons. The van der Waals surface area contributed by atoms with Crippen molar-refractivity contribution in [3.63, 3.8) is 0 Å². The van der Waals surface area contributed by atoms with E-state index in [0.29, 0.717) is 43.1 Å². The van der Waals surface area contributed by atoms with Gasteiger partial charge in [0.25, 0.3) is 5.91 Å². The van der Waals surface area contributed by atoms with Gasteiger partial charge in [-0.25, -0.2) is 0 Å². The zero-order valence-electron chi connectivity index (χ0n) is 12.0. The lowest BCUT2D eigenvalue weighted by molar-refractivity contribution is -0.152. The number of hydrogen-bond acceptors (Lipinski definition) is 3. The molecule has 0 saturated carbocycles. The van der Waals surface area contributed by atoms with Gasteiger partial charge in [-0.1, -0.05) is 24.9 Å². The van der Waals surface area contributed by atoms with Crippen LogP contribution < -0.4 is 0 Å². The Balaban J connectivity index is 2.06. The van der Waals surface area contributed by atoms with Crippen LogP contribution in [0, 0.1) is 5.41 Å². The molecule has 2 rings (SSSR count). The minimum absolute atomic E-state index is 0.187. The number of rotatable bonds is 4. The lowest BCUT2D eigenvalue weighted by Crippen LogP contribution is -2.46. The van der Waals surface area contributed by atoms with Crippen LogP contribution in [0.4, 0.5) is 0 Å². The molecular formula is C15H19ClN2O3. The van der Waals surface area contributed by atoms with Gasteiger partial charge in [0, 0.05) is 24.3 Å². The highest BCUT2D eigenvalue weighted by molar-refractivity contribution is 6.30. The highest BCUT2D eigenvalue weighted by atomic mass is 35.5. The quantitative estimate of drug-likeness (QED) is 0.928. The van der Waals surface area contributed by atoms with Crippen molar-refractivity contribution in [1.82, 2.24) is 9.88 Å². The Morgan fingerprint density at radius 1 is 1.43 bits per heavy atom. The minimum atomic E-state index is -0.752. The molecule has 0 atom stereocenters. The van der Waals surface area contributed by atoms with Gasteiger partial charge in [-0.3, -0.25) is 14.6 Å². The molecule has 1 aliphatic heterocycles. The van der Waals surface area contributed by atoms with Crippen molar-refractivity contribution in [2.75, 3.05) is 13.1 Å². The van der Waals surface area contributed by atoms with E-state index in [2.05, 4.69) is 4.98 Å². The van der Waals surface area contributed by atoms with Crippen molar-refractivity contribution in [1.29, 1.82) is 0 Å². The molecule has 1 N–H and O–H groups in total. The van der Waals surface area contributed by atoms with Crippen LogP contribution in [0.2, 0.25) is 5.02 Å². The molecule has 0 aliphatic carbocycles. The number of likely N-dealkylation sites (tertiary alicyclic amines) is 1. The Bertz CT molecular complexity index is 539. The number of aromatic nitrogens is 1. The van der Waals surface area contributed by atoms with Crippen molar-refractivity contribution in [2.45, 2.75) is 32.6 Å². The second-order valence-electron chi connectivity index (χ2n) is 5.49. The Morgan fingerprint density at radius 3 is 2.62 bits per heavy atom. The summed E-state index contributed by atoms with van der Waals surface area (Å²) in [4.78, 5) is 29.6. The highest BCUT2D eigenvalue weighted by Gasteiger charge is 2.41. The fourth-order valence-electron chi connectivity index (χ4n) is 2.87. The number of nitrogens with zero attached hydrogens (tertiary/aromatic N) is 2. The first-order chi connectivity index (χ1) is 9.98. The first-order valence-corrected chi connectivity index (χ1v) is 7.50. The lowest BCUT2D eigenvalue weighted by atomic mass is 9.75. The number of amides is 1. The van der Waals surface area contributed by atoms with Gasteiger partial charge in [0.05, 0.1) is 5.41 Å². The minimum Gasteiger partial charge on any atom is -0.481 e. The van der Waals surface area contributed by atoms with E-state index in [9.17, 15) is 14.7 Å². The Kier molecular flexibility index (Phi) is 4.83. The van der Waals surface area contributed by atoms with Gasteiger partial charge in [-0.05, 0) is 31.4 Å². The molecule has 0 aromatic carbocycles. The predicted molar refractivity (Wildman–Crippen MR) is 79.4 cm³/mol. The summed E-state index contributed by atoms with van der Waals surface area (Å²) in [5.41, 5.74) is -0.381. The predicted octanol–water partition coefficient (Wildman–Crippen LogP) is 2.84. The average molecular weight is 311 g/mol. The number of aliphatic carboxylic acids is 1. The van der Waals surface area contributed by atoms with Crippen LogP contribution in [0.1, 0.15) is 43.1 Å². The topological polar surface area (TPSA) is 70.5 Å². The SMILES string of the molecule is CCCC1(C(=O)O)CCN(C(=O)c2cc(Cl)ccn2)CC1. The number of pyridine rings is 1. The van der Waals surface area contributed by atoms with Gasteiger partial charge >= 0.3 is 5.97 Å². The number of carbonyl (C=O) groups is 2. The van der Waals surface area contributed by atoms with Crippen LogP contribution >= 0.6 is 11.6 Å². The summed E-state index contributed by atoms with van der Waals surface area (Å²) in [6, 6.07) is 3.15. The Morgan fingerprint density at radius 2 is 2.10 bits per heavy atom. The summed E-state index contributed by atoms with van der Waals surface area (Å²) in [5.74, 6) is -0.940. The molecule has 1 fully saturated rings. The number of carboxylic acid groups (broad SMARTS) is 1. The van der Waals surface area contributed by atoms with Gasteiger partial charge in [0.2, 0.25) is 0 Å². The van der Waals surface area contributed by atoms with E-state index in [-0.39, 0.29) is 5.91 Å². The summed E-state index contributed by atoms with van der Waals surface area (Å²) in [6.07, 6.45) is 3.96. The van der Waals surface area contributed by atoms with Crippen LogP contribution in [-0.2, 0) is 4.79 Å². The molecule has 6 heteroatoms. The third kappa shape index (κ3) is 3.35. The number of hydrogen-bond donors (Lipinski definition) is 1. The number of carbonyl (C=O) groups excluding carboxylic acids is 1. The molecule has 1 amide bonds. The summed E-state index contributed by atoms with van der Waals surface area (Å²) in [7, 11) is 0. The molecule has 5 nitrogen and oxygen atoms in total. The summed E-state index contributed by atoms with van der Waals surface area (Å²) >= 11 is 5.87. The lowest BCUT2D eigenvalue weighted by Gasteiger charge is -2.38. The second kappa shape index (κ2) is 6.43. The van der Waals surface area contributed by atoms with Crippen molar-refractivity contribution in [2.24, 2.45) is 5.41 Å². The maximum Gasteiger partial charge on any atom is 0.309 e. The van der Waals surface area contributed by atoms with E-state index in [1.54, 1.807) is 11.0 Å². The maximum atomic E-state index is 12.3. The molecule has 2 heterocycles. The van der Waals surface area contributed by atoms with Gasteiger partial charge in [-0.15, -0.1) is 0 Å². The van der Waals surface area contributed by atoms with E-state index < -0.39 is 11.4 Å². The van der Waals surface area contributed by atoms with Gasteiger partial charge in [0.15, 0.2) is 0 Å². The van der Waals surface area contributed by atoms with Crippen molar-refractivity contribution in [3.8, 4) is 0 Å². The Hall–Kier alpha value is -1.62. The molecule has 0 bridgehead atoms. The van der Waals surface area contributed by atoms with Crippen LogP contribution in [0.15, 0.2) is 18.3 Å². The molecule has 114 valence electrons. The summed E-state index contributed by atoms with van der Waals surface area (Å²) < 4.78 is 0. The first-order valence-electron chi connectivity index (χ1n) is 7.13. The van der Waals surface area contributed by atoms with E-state index in [4.69, 9.17) is 11.6 Å². The standard InChI is InChI=1S/C15H19ClN2O3/c1-2-4-15(14(20)21)5-8-18(9-6-15)13(19)12-10-11(16)3-7-17-12/h3,7,10H,2,4-6,8-9H2,1H3,(H,20,21). The van der Waals surface area contributed by atoms with Crippen LogP contribution in [0.25, 0.3) is 0 Å². The average Bonchev–Trinajstić information content (AvgIpc) is 2.47. The molecule has 1 saturated heterocycles. The highest BCUT2D eigenvalue weighted by Crippen LogP contribution is 2.36. The zero-order valence-corrected chi connectivity index (χ0v) is 12.8. The van der Waals surface area contributed by atoms with Crippen molar-refractivity contribution >= 4 is 23.5 Å². The normalized spacial score (nSPS) is 17.5. The smallest absolute Gasteiger partial charge is 0.309 e. The number of piperidine rings is 1. The molecule has 1 aromatic rings. The number of carboxylic acids is 1. The van der Waals surface area contributed by atoms with Gasteiger partial charge in [0.1, 0.15) is 5.69 Å². The van der Waals surface area contributed by atoms with E-state index >= 15 is 0 Å². The largest absolute Gasteiger partial charge is 0.481 e. The maximum absolute atomic E-state index is 12.3. The molecule has 1 aliphatic rings. The molecule has 0 unspecified atom stereocenters. The van der Waals surface area contributed by atoms with Crippen LogP contribution in [-0.4, -0.2) is 40.0 Å². The molecule has 0 spiro atoms. The van der Waals surface area contributed by atoms with Crippen molar-refractivity contribution < 1.29 is 14.7 Å².